The SMILES string of the molecule is CC#CCC1(C(=O)O)CCN(C(=O)OC(C)(C)C)CC1. The van der Waals surface area contributed by atoms with Crippen molar-refractivity contribution in [3.05, 3.63) is 0 Å². The summed E-state index contributed by atoms with van der Waals surface area (Å²) in [5.74, 6) is 4.77. The molecule has 0 saturated carbocycles. The summed E-state index contributed by atoms with van der Waals surface area (Å²) in [7, 11) is 0. The van der Waals surface area contributed by atoms with Crippen LogP contribution >= 0.6 is 0 Å². The summed E-state index contributed by atoms with van der Waals surface area (Å²) in [4.78, 5) is 25.0. The van der Waals surface area contributed by atoms with Crippen molar-refractivity contribution in [2.45, 2.75) is 52.6 Å². The molecule has 5 heteroatoms. The van der Waals surface area contributed by atoms with Crippen LogP contribution in [0.25, 0.3) is 0 Å². The molecule has 1 aliphatic heterocycles. The molecular formula is C15H23NO4. The van der Waals surface area contributed by atoms with Crippen molar-refractivity contribution in [2.24, 2.45) is 5.41 Å². The molecule has 5 nitrogen and oxygen atoms in total. The van der Waals surface area contributed by atoms with E-state index in [4.69, 9.17) is 4.74 Å². The third kappa shape index (κ3) is 4.16. The fourth-order valence-corrected chi connectivity index (χ4v) is 2.17. The van der Waals surface area contributed by atoms with E-state index in [1.807, 2.05) is 20.8 Å². The maximum atomic E-state index is 11.9. The van der Waals surface area contributed by atoms with Crippen LogP contribution in [-0.2, 0) is 9.53 Å². The zero-order valence-electron chi connectivity index (χ0n) is 12.7. The molecule has 0 aromatic heterocycles. The van der Waals surface area contributed by atoms with Gasteiger partial charge in [-0.2, -0.15) is 0 Å². The highest BCUT2D eigenvalue weighted by Crippen LogP contribution is 2.35. The van der Waals surface area contributed by atoms with Gasteiger partial charge in [0.15, 0.2) is 0 Å². The Labute approximate surface area is 120 Å². The third-order valence-electron chi connectivity index (χ3n) is 3.43. The predicted molar refractivity (Wildman–Crippen MR) is 75.2 cm³/mol. The van der Waals surface area contributed by atoms with E-state index < -0.39 is 17.0 Å². The lowest BCUT2D eigenvalue weighted by atomic mass is 9.76. The summed E-state index contributed by atoms with van der Waals surface area (Å²) in [6.07, 6.45) is 0.783. The molecule has 0 bridgehead atoms. The topological polar surface area (TPSA) is 66.8 Å². The van der Waals surface area contributed by atoms with E-state index >= 15 is 0 Å². The molecule has 1 amide bonds. The number of rotatable bonds is 2. The molecule has 1 heterocycles. The monoisotopic (exact) mass is 281 g/mol. The van der Waals surface area contributed by atoms with Gasteiger partial charge in [-0.15, -0.1) is 11.8 Å². The van der Waals surface area contributed by atoms with E-state index in [0.717, 1.165) is 0 Å². The Bertz CT molecular complexity index is 431. The lowest BCUT2D eigenvalue weighted by Gasteiger charge is -2.38. The molecule has 1 rings (SSSR count). The normalized spacial score (nSPS) is 17.9. The van der Waals surface area contributed by atoms with Gasteiger partial charge in [0.25, 0.3) is 0 Å². The van der Waals surface area contributed by atoms with Gasteiger partial charge in [0.1, 0.15) is 5.60 Å². The van der Waals surface area contributed by atoms with Gasteiger partial charge < -0.3 is 14.7 Å². The molecular weight excluding hydrogens is 258 g/mol. The molecule has 0 aromatic carbocycles. The molecule has 0 unspecified atom stereocenters. The van der Waals surface area contributed by atoms with E-state index in [2.05, 4.69) is 11.8 Å². The molecule has 1 N–H and O–H groups in total. The van der Waals surface area contributed by atoms with Crippen LogP contribution in [0.1, 0.15) is 47.0 Å². The fourth-order valence-electron chi connectivity index (χ4n) is 2.17. The Morgan fingerprint density at radius 3 is 2.25 bits per heavy atom. The van der Waals surface area contributed by atoms with Crippen LogP contribution in [0.5, 0.6) is 0 Å². The van der Waals surface area contributed by atoms with Crippen LogP contribution in [-0.4, -0.2) is 40.8 Å². The number of amides is 1. The van der Waals surface area contributed by atoms with Gasteiger partial charge in [0.2, 0.25) is 0 Å². The van der Waals surface area contributed by atoms with Gasteiger partial charge in [-0.3, -0.25) is 4.79 Å². The second kappa shape index (κ2) is 6.17. The number of carboxylic acid groups (broad SMARTS) is 1. The number of hydrogen-bond acceptors (Lipinski definition) is 3. The number of piperidine rings is 1. The number of carbonyl (C=O) groups excluding carboxylic acids is 1. The lowest BCUT2D eigenvalue weighted by molar-refractivity contribution is -0.151. The van der Waals surface area contributed by atoms with E-state index in [1.54, 1.807) is 11.8 Å². The van der Waals surface area contributed by atoms with Crippen molar-refractivity contribution in [3.63, 3.8) is 0 Å². The molecule has 0 radical (unpaired) electrons. The summed E-state index contributed by atoms with van der Waals surface area (Å²) in [6, 6.07) is 0. The number of carbonyl (C=O) groups is 2. The first-order valence-corrected chi connectivity index (χ1v) is 6.81. The number of nitrogens with zero attached hydrogens (tertiary/aromatic N) is 1. The first-order valence-electron chi connectivity index (χ1n) is 6.81. The van der Waals surface area contributed by atoms with Gasteiger partial charge in [-0.1, -0.05) is 0 Å². The first-order chi connectivity index (χ1) is 9.20. The molecule has 20 heavy (non-hydrogen) atoms. The highest BCUT2D eigenvalue weighted by molar-refractivity contribution is 5.76. The van der Waals surface area contributed by atoms with Gasteiger partial charge in [-0.05, 0) is 40.5 Å². The highest BCUT2D eigenvalue weighted by Gasteiger charge is 2.42. The van der Waals surface area contributed by atoms with Crippen molar-refractivity contribution >= 4 is 12.1 Å². The molecule has 0 spiro atoms. The van der Waals surface area contributed by atoms with Crippen LogP contribution in [0.3, 0.4) is 0 Å². The average molecular weight is 281 g/mol. The molecule has 1 aliphatic rings. The molecule has 1 saturated heterocycles. The highest BCUT2D eigenvalue weighted by atomic mass is 16.6. The van der Waals surface area contributed by atoms with E-state index in [0.29, 0.717) is 32.4 Å². The first kappa shape index (κ1) is 16.4. The van der Waals surface area contributed by atoms with Crippen molar-refractivity contribution in [2.75, 3.05) is 13.1 Å². The van der Waals surface area contributed by atoms with Crippen molar-refractivity contribution in [1.82, 2.24) is 4.90 Å². The van der Waals surface area contributed by atoms with E-state index in [1.165, 1.54) is 0 Å². The Balaban J connectivity index is 2.66. The molecule has 0 aliphatic carbocycles. The summed E-state index contributed by atoms with van der Waals surface area (Å²) in [5.41, 5.74) is -1.37. The van der Waals surface area contributed by atoms with Gasteiger partial charge in [-0.25, -0.2) is 4.79 Å². The zero-order valence-corrected chi connectivity index (χ0v) is 12.7. The third-order valence-corrected chi connectivity index (χ3v) is 3.43. The summed E-state index contributed by atoms with van der Waals surface area (Å²) < 4.78 is 5.30. The maximum Gasteiger partial charge on any atom is 0.410 e. The minimum atomic E-state index is -0.832. The number of hydrogen-bond donors (Lipinski definition) is 1. The Hall–Kier alpha value is -1.70. The minimum absolute atomic E-state index is 0.334. The van der Waals surface area contributed by atoms with E-state index in [9.17, 15) is 14.7 Å². The second-order valence-corrected chi connectivity index (χ2v) is 6.16. The zero-order chi connectivity index (χ0) is 15.4. The van der Waals surface area contributed by atoms with Crippen molar-refractivity contribution < 1.29 is 19.4 Å². The lowest BCUT2D eigenvalue weighted by Crippen LogP contribution is -2.47. The smallest absolute Gasteiger partial charge is 0.410 e. The molecule has 0 aromatic rings. The van der Waals surface area contributed by atoms with Gasteiger partial charge in [0, 0.05) is 19.5 Å². The standard InChI is InChI=1S/C15H23NO4/c1-5-6-7-15(12(17)18)8-10-16(11-9-15)13(19)20-14(2,3)4/h7-11H2,1-4H3,(H,17,18). The van der Waals surface area contributed by atoms with E-state index in [-0.39, 0.29) is 6.09 Å². The van der Waals surface area contributed by atoms with Crippen LogP contribution in [0.15, 0.2) is 0 Å². The second-order valence-electron chi connectivity index (χ2n) is 6.16. The largest absolute Gasteiger partial charge is 0.481 e. The number of aliphatic carboxylic acids is 1. The minimum Gasteiger partial charge on any atom is -0.481 e. The van der Waals surface area contributed by atoms with Crippen LogP contribution in [0.2, 0.25) is 0 Å². The number of ether oxygens (including phenoxy) is 1. The summed E-state index contributed by atoms with van der Waals surface area (Å²) in [6.45, 7) is 7.93. The van der Waals surface area contributed by atoms with Crippen LogP contribution < -0.4 is 0 Å². The summed E-state index contributed by atoms with van der Waals surface area (Å²) >= 11 is 0. The van der Waals surface area contributed by atoms with Crippen molar-refractivity contribution in [1.29, 1.82) is 0 Å². The Morgan fingerprint density at radius 1 is 1.30 bits per heavy atom. The number of carboxylic acids is 1. The quantitative estimate of drug-likeness (QED) is 0.790. The summed E-state index contributed by atoms with van der Waals surface area (Å²) in [5, 5.41) is 9.42. The fraction of sp³-hybridized carbons (Fsp3) is 0.733. The molecule has 1 fully saturated rings. The maximum absolute atomic E-state index is 11.9. The van der Waals surface area contributed by atoms with Crippen LogP contribution in [0, 0.1) is 17.3 Å². The average Bonchev–Trinajstić information content (AvgIpc) is 2.34. The van der Waals surface area contributed by atoms with Gasteiger partial charge in [0.05, 0.1) is 5.41 Å². The van der Waals surface area contributed by atoms with Crippen LogP contribution in [0.4, 0.5) is 4.79 Å². The Morgan fingerprint density at radius 2 is 1.85 bits per heavy atom. The molecule has 0 atom stereocenters. The Kier molecular flexibility index (Phi) is 5.04. The predicted octanol–water partition coefficient (Wildman–Crippen LogP) is 2.50. The van der Waals surface area contributed by atoms with Crippen molar-refractivity contribution in [3.8, 4) is 11.8 Å². The van der Waals surface area contributed by atoms with Gasteiger partial charge >= 0.3 is 12.1 Å². The number of likely N-dealkylation sites (tertiary alicyclic amines) is 1. The molecule has 112 valence electrons.